The van der Waals surface area contributed by atoms with E-state index in [1.54, 1.807) is 42.9 Å². The Balaban J connectivity index is 1.98. The average molecular weight is 331 g/mol. The summed E-state index contributed by atoms with van der Waals surface area (Å²) in [4.78, 5) is 24.2. The predicted molar refractivity (Wildman–Crippen MR) is 89.2 cm³/mol. The van der Waals surface area contributed by atoms with Gasteiger partial charge in [0.05, 0.1) is 23.7 Å². The number of hydrogen-bond acceptors (Lipinski definition) is 5. The molecule has 1 N–H and O–H groups in total. The van der Waals surface area contributed by atoms with Crippen molar-refractivity contribution in [2.75, 3.05) is 18.5 Å². The zero-order chi connectivity index (χ0) is 17.7. The predicted octanol–water partition coefficient (Wildman–Crippen LogP) is 2.23. The Morgan fingerprint density at radius 3 is 2.58 bits per heavy atom. The first kappa shape index (κ1) is 17.5. The molecule has 0 unspecified atom stereocenters. The van der Waals surface area contributed by atoms with Gasteiger partial charge in [-0.2, -0.15) is 5.10 Å². The maximum absolute atomic E-state index is 12.1. The number of esters is 1. The van der Waals surface area contributed by atoms with Crippen molar-refractivity contribution in [2.24, 2.45) is 7.05 Å². The van der Waals surface area contributed by atoms with Crippen LogP contribution in [-0.2, 0) is 16.6 Å². The zero-order valence-electron chi connectivity index (χ0n) is 14.3. The number of para-hydroxylation sites is 1. The van der Waals surface area contributed by atoms with Gasteiger partial charge in [-0.05, 0) is 32.9 Å². The van der Waals surface area contributed by atoms with E-state index in [0.29, 0.717) is 29.3 Å². The summed E-state index contributed by atoms with van der Waals surface area (Å²) in [6, 6.07) is 6.76. The van der Waals surface area contributed by atoms with Gasteiger partial charge in [0.25, 0.3) is 5.91 Å². The molecule has 0 bridgehead atoms. The van der Waals surface area contributed by atoms with Gasteiger partial charge in [-0.3, -0.25) is 9.48 Å². The van der Waals surface area contributed by atoms with E-state index in [9.17, 15) is 9.59 Å². The van der Waals surface area contributed by atoms with Crippen molar-refractivity contribution in [2.45, 2.75) is 20.8 Å². The molecular weight excluding hydrogens is 310 g/mol. The van der Waals surface area contributed by atoms with E-state index in [0.717, 1.165) is 5.69 Å². The molecule has 2 rings (SSSR count). The first-order valence-electron chi connectivity index (χ1n) is 7.63. The molecule has 0 radical (unpaired) electrons. The normalized spacial score (nSPS) is 10.3. The SMILES string of the molecule is CCOc1ccccc1C(=O)OCC(=O)Nc1c(C)nn(C)c1C. The number of anilines is 1. The lowest BCUT2D eigenvalue weighted by atomic mass is 10.2. The molecular formula is C17H21N3O4. The number of amides is 1. The van der Waals surface area contributed by atoms with E-state index < -0.39 is 11.9 Å². The molecule has 128 valence electrons. The summed E-state index contributed by atoms with van der Waals surface area (Å²) in [5.74, 6) is -0.588. The van der Waals surface area contributed by atoms with E-state index in [1.165, 1.54) is 0 Å². The van der Waals surface area contributed by atoms with Crippen molar-refractivity contribution in [3.63, 3.8) is 0 Å². The van der Waals surface area contributed by atoms with Gasteiger partial charge in [0.15, 0.2) is 6.61 Å². The number of hydrogen-bond donors (Lipinski definition) is 1. The fraction of sp³-hybridized carbons (Fsp3) is 0.353. The van der Waals surface area contributed by atoms with Crippen LogP contribution < -0.4 is 10.1 Å². The molecule has 0 spiro atoms. The van der Waals surface area contributed by atoms with E-state index in [1.807, 2.05) is 13.8 Å². The first-order valence-corrected chi connectivity index (χ1v) is 7.63. The summed E-state index contributed by atoms with van der Waals surface area (Å²) in [6.45, 7) is 5.53. The van der Waals surface area contributed by atoms with Gasteiger partial charge in [-0.25, -0.2) is 4.79 Å². The smallest absolute Gasteiger partial charge is 0.342 e. The molecule has 0 aliphatic carbocycles. The molecule has 0 saturated carbocycles. The zero-order valence-corrected chi connectivity index (χ0v) is 14.3. The highest BCUT2D eigenvalue weighted by Crippen LogP contribution is 2.20. The summed E-state index contributed by atoms with van der Waals surface area (Å²) in [5, 5.41) is 6.93. The van der Waals surface area contributed by atoms with E-state index >= 15 is 0 Å². The van der Waals surface area contributed by atoms with Crippen molar-refractivity contribution in [1.29, 1.82) is 0 Å². The lowest BCUT2D eigenvalue weighted by Crippen LogP contribution is -2.21. The lowest BCUT2D eigenvalue weighted by molar-refractivity contribution is -0.119. The minimum atomic E-state index is -0.603. The van der Waals surface area contributed by atoms with Gasteiger partial charge >= 0.3 is 5.97 Å². The molecule has 0 saturated heterocycles. The standard InChI is InChI=1S/C17H21N3O4/c1-5-23-14-9-7-6-8-13(14)17(22)24-10-15(21)18-16-11(2)19-20(4)12(16)3/h6-9H,5,10H2,1-4H3,(H,18,21). The van der Waals surface area contributed by atoms with Gasteiger partial charge in [0.1, 0.15) is 11.3 Å². The summed E-state index contributed by atoms with van der Waals surface area (Å²) in [5.41, 5.74) is 2.46. The molecule has 24 heavy (non-hydrogen) atoms. The molecule has 1 aromatic heterocycles. The third kappa shape index (κ3) is 3.92. The number of rotatable bonds is 6. The first-order chi connectivity index (χ1) is 11.4. The van der Waals surface area contributed by atoms with Gasteiger partial charge in [-0.15, -0.1) is 0 Å². The van der Waals surface area contributed by atoms with Crippen molar-refractivity contribution in [3.8, 4) is 5.75 Å². The average Bonchev–Trinajstić information content (AvgIpc) is 2.80. The van der Waals surface area contributed by atoms with Gasteiger partial charge in [-0.1, -0.05) is 12.1 Å². The monoisotopic (exact) mass is 331 g/mol. The van der Waals surface area contributed by atoms with Crippen LogP contribution in [0.15, 0.2) is 24.3 Å². The summed E-state index contributed by atoms with van der Waals surface area (Å²) in [6.07, 6.45) is 0. The highest BCUT2D eigenvalue weighted by atomic mass is 16.5. The van der Waals surface area contributed by atoms with E-state index in [4.69, 9.17) is 9.47 Å². The van der Waals surface area contributed by atoms with Crippen LogP contribution in [-0.4, -0.2) is 34.9 Å². The topological polar surface area (TPSA) is 82.4 Å². The molecule has 0 fully saturated rings. The van der Waals surface area contributed by atoms with Gasteiger partial charge in [0, 0.05) is 7.05 Å². The maximum Gasteiger partial charge on any atom is 0.342 e. The number of benzene rings is 1. The van der Waals surface area contributed by atoms with Crippen LogP contribution in [0.2, 0.25) is 0 Å². The fourth-order valence-corrected chi connectivity index (χ4v) is 2.26. The fourth-order valence-electron chi connectivity index (χ4n) is 2.26. The van der Waals surface area contributed by atoms with Crippen molar-refractivity contribution in [3.05, 3.63) is 41.2 Å². The summed E-state index contributed by atoms with van der Waals surface area (Å²) < 4.78 is 12.1. The molecule has 2 aromatic rings. The van der Waals surface area contributed by atoms with Gasteiger partial charge < -0.3 is 14.8 Å². The Morgan fingerprint density at radius 2 is 1.96 bits per heavy atom. The molecule has 7 heteroatoms. The Bertz CT molecular complexity index is 752. The number of carbonyl (C=O) groups excluding carboxylic acids is 2. The van der Waals surface area contributed by atoms with E-state index in [-0.39, 0.29) is 6.61 Å². The van der Waals surface area contributed by atoms with Gasteiger partial charge in [0.2, 0.25) is 0 Å². The van der Waals surface area contributed by atoms with Crippen LogP contribution in [0.1, 0.15) is 28.7 Å². The number of nitrogens with one attached hydrogen (secondary N) is 1. The minimum absolute atomic E-state index is 0.292. The molecule has 1 amide bonds. The van der Waals surface area contributed by atoms with Crippen LogP contribution in [0, 0.1) is 13.8 Å². The molecule has 7 nitrogen and oxygen atoms in total. The van der Waals surface area contributed by atoms with Crippen LogP contribution in [0.25, 0.3) is 0 Å². The van der Waals surface area contributed by atoms with Crippen LogP contribution in [0.5, 0.6) is 5.75 Å². The number of aryl methyl sites for hydroxylation is 2. The molecule has 1 heterocycles. The largest absolute Gasteiger partial charge is 0.493 e. The third-order valence-corrected chi connectivity index (χ3v) is 3.51. The second-order valence-electron chi connectivity index (χ2n) is 5.22. The maximum atomic E-state index is 12.1. The van der Waals surface area contributed by atoms with Crippen molar-refractivity contribution in [1.82, 2.24) is 9.78 Å². The Labute approximate surface area is 140 Å². The minimum Gasteiger partial charge on any atom is -0.493 e. The number of carbonyl (C=O) groups is 2. The number of ether oxygens (including phenoxy) is 2. The summed E-state index contributed by atoms with van der Waals surface area (Å²) in [7, 11) is 1.79. The van der Waals surface area contributed by atoms with Crippen molar-refractivity contribution >= 4 is 17.6 Å². The number of aromatic nitrogens is 2. The Kier molecular flexibility index (Phi) is 5.57. The Morgan fingerprint density at radius 1 is 1.25 bits per heavy atom. The van der Waals surface area contributed by atoms with Crippen molar-refractivity contribution < 1.29 is 19.1 Å². The van der Waals surface area contributed by atoms with Crippen LogP contribution in [0.4, 0.5) is 5.69 Å². The van der Waals surface area contributed by atoms with Crippen LogP contribution in [0.3, 0.4) is 0 Å². The highest BCUT2D eigenvalue weighted by Gasteiger charge is 2.17. The second-order valence-corrected chi connectivity index (χ2v) is 5.22. The number of nitrogens with zero attached hydrogens (tertiary/aromatic N) is 2. The summed E-state index contributed by atoms with van der Waals surface area (Å²) >= 11 is 0. The Hall–Kier alpha value is -2.83. The molecule has 0 aliphatic rings. The molecule has 0 atom stereocenters. The van der Waals surface area contributed by atoms with Crippen LogP contribution >= 0.6 is 0 Å². The molecule has 0 aliphatic heterocycles. The highest BCUT2D eigenvalue weighted by molar-refractivity contribution is 5.97. The quantitative estimate of drug-likeness (QED) is 0.821. The van der Waals surface area contributed by atoms with E-state index in [2.05, 4.69) is 10.4 Å². The lowest BCUT2D eigenvalue weighted by Gasteiger charge is -2.10. The second kappa shape index (κ2) is 7.63. The molecule has 1 aromatic carbocycles. The third-order valence-electron chi connectivity index (χ3n) is 3.51.